The van der Waals surface area contributed by atoms with Gasteiger partial charge in [0, 0.05) is 15.3 Å². The lowest BCUT2D eigenvalue weighted by atomic mass is 9.81. The van der Waals surface area contributed by atoms with Crippen molar-refractivity contribution in [3.63, 3.8) is 0 Å². The van der Waals surface area contributed by atoms with Crippen molar-refractivity contribution in [2.45, 2.75) is 35.8 Å². The number of halogens is 2. The van der Waals surface area contributed by atoms with Crippen LogP contribution in [0.25, 0.3) is 0 Å². The lowest BCUT2D eigenvalue weighted by molar-refractivity contribution is -0.122. The molecular formula is C23H22Br2N2O3. The van der Waals surface area contributed by atoms with Crippen LogP contribution in [-0.2, 0) is 16.0 Å². The molecule has 1 aliphatic heterocycles. The number of para-hydroxylation sites is 2. The molecule has 1 heterocycles. The summed E-state index contributed by atoms with van der Waals surface area (Å²) < 4.78 is 0. The lowest BCUT2D eigenvalue weighted by Gasteiger charge is -2.29. The Morgan fingerprint density at radius 1 is 0.967 bits per heavy atom. The lowest BCUT2D eigenvalue weighted by Crippen LogP contribution is -2.34. The van der Waals surface area contributed by atoms with Crippen molar-refractivity contribution >= 4 is 61.0 Å². The Labute approximate surface area is 192 Å². The summed E-state index contributed by atoms with van der Waals surface area (Å²) in [7, 11) is 0. The van der Waals surface area contributed by atoms with Gasteiger partial charge >= 0.3 is 0 Å². The maximum Gasteiger partial charge on any atom is 0.257 e. The summed E-state index contributed by atoms with van der Waals surface area (Å²) in [6.45, 7) is 2.02. The number of nitrogens with one attached hydrogen (secondary N) is 1. The molecule has 5 nitrogen and oxygen atoms in total. The van der Waals surface area contributed by atoms with Crippen LogP contribution in [0.2, 0.25) is 0 Å². The third-order valence-corrected chi connectivity index (χ3v) is 8.68. The fraction of sp³-hybridized carbons (Fsp3) is 0.348. The van der Waals surface area contributed by atoms with Crippen LogP contribution in [0.15, 0.2) is 48.5 Å². The number of hydrogen-bond donors (Lipinski definition) is 1. The summed E-state index contributed by atoms with van der Waals surface area (Å²) in [5.41, 5.74) is 2.42. The van der Waals surface area contributed by atoms with Gasteiger partial charge in [0.25, 0.3) is 5.91 Å². The number of alkyl halides is 2. The first-order chi connectivity index (χ1) is 14.4. The molecule has 7 heteroatoms. The van der Waals surface area contributed by atoms with Crippen LogP contribution >= 0.6 is 31.9 Å². The maximum absolute atomic E-state index is 13.2. The maximum atomic E-state index is 13.2. The SMILES string of the molecule is CCc1ccccc1NC(=O)c1ccccc1N1C(=O)[C@H]2C[C@@H](Br)[C@@H](Br)C[C@H]2C1=O. The zero-order valence-electron chi connectivity index (χ0n) is 16.5. The zero-order chi connectivity index (χ0) is 21.4. The number of carbonyl (C=O) groups is 3. The molecular weight excluding hydrogens is 512 g/mol. The molecule has 0 aromatic heterocycles. The van der Waals surface area contributed by atoms with E-state index in [2.05, 4.69) is 37.2 Å². The van der Waals surface area contributed by atoms with Gasteiger partial charge in [-0.05, 0) is 43.0 Å². The van der Waals surface area contributed by atoms with Gasteiger partial charge in [0.2, 0.25) is 11.8 Å². The number of anilines is 2. The number of benzene rings is 2. The Kier molecular flexibility index (Phi) is 6.11. The van der Waals surface area contributed by atoms with E-state index in [9.17, 15) is 14.4 Å². The van der Waals surface area contributed by atoms with Crippen molar-refractivity contribution in [3.05, 3.63) is 59.7 Å². The van der Waals surface area contributed by atoms with Gasteiger partial charge in [-0.1, -0.05) is 69.1 Å². The quantitative estimate of drug-likeness (QED) is 0.447. The van der Waals surface area contributed by atoms with E-state index in [4.69, 9.17) is 0 Å². The molecule has 1 saturated heterocycles. The van der Waals surface area contributed by atoms with E-state index in [1.165, 1.54) is 4.90 Å². The number of imide groups is 1. The van der Waals surface area contributed by atoms with Crippen molar-refractivity contribution in [2.24, 2.45) is 11.8 Å². The number of hydrogen-bond acceptors (Lipinski definition) is 3. The predicted molar refractivity (Wildman–Crippen MR) is 124 cm³/mol. The summed E-state index contributed by atoms with van der Waals surface area (Å²) in [6.07, 6.45) is 1.98. The standard InChI is InChI=1S/C23H22Br2N2O3/c1-2-13-7-3-5-9-19(13)26-21(28)14-8-4-6-10-20(14)27-22(29)15-11-17(24)18(25)12-16(15)23(27)30/h3-10,15-18H,2,11-12H2,1H3,(H,26,28)/t15-,16+,17+,18-. The number of rotatable bonds is 4. The Balaban J connectivity index is 1.66. The van der Waals surface area contributed by atoms with Crippen LogP contribution in [0.4, 0.5) is 11.4 Å². The topological polar surface area (TPSA) is 66.5 Å². The van der Waals surface area contributed by atoms with Gasteiger partial charge in [-0.2, -0.15) is 0 Å². The molecule has 0 spiro atoms. The smallest absolute Gasteiger partial charge is 0.257 e. The molecule has 0 bridgehead atoms. The van der Waals surface area contributed by atoms with E-state index in [0.29, 0.717) is 24.1 Å². The summed E-state index contributed by atoms with van der Waals surface area (Å²) in [5.74, 6) is -1.48. The van der Waals surface area contributed by atoms with Gasteiger partial charge in [0.05, 0.1) is 23.1 Å². The molecule has 2 aromatic carbocycles. The molecule has 0 radical (unpaired) electrons. The van der Waals surface area contributed by atoms with Crippen LogP contribution in [0.5, 0.6) is 0 Å². The van der Waals surface area contributed by atoms with Crippen LogP contribution in [0.3, 0.4) is 0 Å². The van der Waals surface area contributed by atoms with Crippen LogP contribution in [0.1, 0.15) is 35.7 Å². The summed E-state index contributed by atoms with van der Waals surface area (Å²) in [4.78, 5) is 41.0. The number of aryl methyl sites for hydroxylation is 1. The highest BCUT2D eigenvalue weighted by Gasteiger charge is 2.52. The molecule has 3 amide bonds. The van der Waals surface area contributed by atoms with Gasteiger partial charge in [-0.3, -0.25) is 14.4 Å². The van der Waals surface area contributed by atoms with Gasteiger partial charge in [-0.15, -0.1) is 0 Å². The van der Waals surface area contributed by atoms with Crippen LogP contribution in [-0.4, -0.2) is 27.4 Å². The molecule has 4 atom stereocenters. The fourth-order valence-electron chi connectivity index (χ4n) is 4.33. The van der Waals surface area contributed by atoms with Crippen molar-refractivity contribution < 1.29 is 14.4 Å². The monoisotopic (exact) mass is 532 g/mol. The van der Waals surface area contributed by atoms with Crippen molar-refractivity contribution in [3.8, 4) is 0 Å². The highest BCUT2D eigenvalue weighted by Crippen LogP contribution is 2.44. The third kappa shape index (κ3) is 3.73. The molecule has 2 aliphatic rings. The van der Waals surface area contributed by atoms with Gasteiger partial charge in [-0.25, -0.2) is 4.90 Å². The Morgan fingerprint density at radius 2 is 1.53 bits per heavy atom. The summed E-state index contributed by atoms with van der Waals surface area (Å²) in [6, 6.07) is 14.4. The molecule has 0 unspecified atom stereocenters. The molecule has 30 heavy (non-hydrogen) atoms. The van der Waals surface area contributed by atoms with E-state index >= 15 is 0 Å². The number of carbonyl (C=O) groups excluding carboxylic acids is 3. The van der Waals surface area contributed by atoms with Crippen molar-refractivity contribution in [2.75, 3.05) is 10.2 Å². The second-order valence-corrected chi connectivity index (χ2v) is 10.1. The first-order valence-corrected chi connectivity index (χ1v) is 11.9. The third-order valence-electron chi connectivity index (χ3n) is 5.95. The first kappa shape index (κ1) is 21.2. The van der Waals surface area contributed by atoms with E-state index in [1.807, 2.05) is 31.2 Å². The van der Waals surface area contributed by atoms with Gasteiger partial charge in [0.15, 0.2) is 0 Å². The summed E-state index contributed by atoms with van der Waals surface area (Å²) in [5, 5.41) is 2.94. The van der Waals surface area contributed by atoms with E-state index in [1.54, 1.807) is 24.3 Å². The van der Waals surface area contributed by atoms with Crippen molar-refractivity contribution in [1.29, 1.82) is 0 Å². The largest absolute Gasteiger partial charge is 0.322 e. The van der Waals surface area contributed by atoms with E-state index in [-0.39, 0.29) is 39.2 Å². The number of nitrogens with zero attached hydrogens (tertiary/aromatic N) is 1. The molecule has 156 valence electrons. The second-order valence-electron chi connectivity index (χ2n) is 7.71. The zero-order valence-corrected chi connectivity index (χ0v) is 19.6. The minimum absolute atomic E-state index is 0.138. The highest BCUT2D eigenvalue weighted by molar-refractivity contribution is 9.12. The average molecular weight is 534 g/mol. The second kappa shape index (κ2) is 8.63. The molecule has 4 rings (SSSR count). The molecule has 2 aromatic rings. The fourth-order valence-corrected chi connectivity index (χ4v) is 5.57. The highest BCUT2D eigenvalue weighted by atomic mass is 79.9. The van der Waals surface area contributed by atoms with Crippen molar-refractivity contribution in [1.82, 2.24) is 0 Å². The number of amides is 3. The first-order valence-electron chi connectivity index (χ1n) is 10.1. The molecule has 1 N–H and O–H groups in total. The molecule has 2 fully saturated rings. The van der Waals surface area contributed by atoms with Crippen LogP contribution in [0, 0.1) is 11.8 Å². The predicted octanol–water partition coefficient (Wildman–Crippen LogP) is 4.93. The Morgan fingerprint density at radius 3 is 2.17 bits per heavy atom. The average Bonchev–Trinajstić information content (AvgIpc) is 2.98. The molecule has 1 saturated carbocycles. The number of fused-ring (bicyclic) bond motifs is 1. The van der Waals surface area contributed by atoms with Gasteiger partial charge < -0.3 is 5.32 Å². The van der Waals surface area contributed by atoms with Crippen LogP contribution < -0.4 is 10.2 Å². The summed E-state index contributed by atoms with van der Waals surface area (Å²) >= 11 is 7.22. The Bertz CT molecular complexity index is 981. The molecule has 1 aliphatic carbocycles. The van der Waals surface area contributed by atoms with E-state index < -0.39 is 0 Å². The Hall–Kier alpha value is -1.99. The van der Waals surface area contributed by atoms with Gasteiger partial charge in [0.1, 0.15) is 0 Å². The van der Waals surface area contributed by atoms with E-state index in [0.717, 1.165) is 17.7 Å². The minimum Gasteiger partial charge on any atom is -0.322 e. The normalized spacial score (nSPS) is 25.9. The minimum atomic E-state index is -0.354.